The first-order chi connectivity index (χ1) is 15.7. The number of Topliss-reactive ketones (excluding diaryl/α,β-unsaturated/α-hetero) is 4. The molecule has 1 amide bonds. The van der Waals surface area contributed by atoms with Crippen molar-refractivity contribution in [3.63, 3.8) is 0 Å². The van der Waals surface area contributed by atoms with Crippen LogP contribution in [0.5, 0.6) is 5.75 Å². The molecule has 182 valence electrons. The molecule has 3 aliphatic carbocycles. The third-order valence-corrected chi connectivity index (χ3v) is 7.55. The number of aliphatic hydroxyl groups is 1. The van der Waals surface area contributed by atoms with Gasteiger partial charge in [-0.3, -0.25) is 28.9 Å². The Morgan fingerprint density at radius 3 is 2.26 bits per heavy atom. The quantitative estimate of drug-likeness (QED) is 0.230. The lowest BCUT2D eigenvalue weighted by molar-refractivity contribution is -0.181. The summed E-state index contributed by atoms with van der Waals surface area (Å²) in [4.78, 5) is 68.7. The van der Waals surface area contributed by atoms with E-state index in [9.17, 15) is 34.2 Å². The molecule has 1 aromatic rings. The second-order valence-corrected chi connectivity index (χ2v) is 9.87. The number of nitrogens with zero attached hydrogens (tertiary/aromatic N) is 2. The number of likely N-dealkylation sites (N-methyl/N-ethyl adjacent to an activating group) is 1. The zero-order valence-corrected chi connectivity index (χ0v) is 19.4. The van der Waals surface area contributed by atoms with E-state index in [4.69, 9.17) is 11.5 Å². The van der Waals surface area contributed by atoms with Gasteiger partial charge in [0.2, 0.25) is 5.91 Å². The number of benzene rings is 1. The largest absolute Gasteiger partial charge is 0.505 e. The Kier molecular flexibility index (Phi) is 5.33. The number of phenolic OH excluding ortho intramolecular Hbond substituents is 1. The molecule has 0 bridgehead atoms. The van der Waals surface area contributed by atoms with Crippen molar-refractivity contribution >= 4 is 40.4 Å². The number of nitrogen functional groups attached to an aromatic ring is 1. The van der Waals surface area contributed by atoms with E-state index in [0.717, 1.165) is 0 Å². The average molecular weight is 472 g/mol. The van der Waals surface area contributed by atoms with Gasteiger partial charge < -0.3 is 26.6 Å². The predicted octanol–water partition coefficient (Wildman–Crippen LogP) is -1.48. The van der Waals surface area contributed by atoms with Crippen molar-refractivity contribution in [1.82, 2.24) is 4.90 Å². The Bertz CT molecular complexity index is 1160. The van der Waals surface area contributed by atoms with Crippen LogP contribution >= 0.6 is 0 Å². The zero-order valence-electron chi connectivity index (χ0n) is 19.4. The first-order valence-corrected chi connectivity index (χ1v) is 10.9. The molecule has 2 fully saturated rings. The van der Waals surface area contributed by atoms with E-state index < -0.39 is 70.1 Å². The Balaban J connectivity index is 1.91. The molecule has 0 heterocycles. The van der Waals surface area contributed by atoms with Gasteiger partial charge in [0.1, 0.15) is 5.75 Å². The molecule has 2 saturated carbocycles. The minimum atomic E-state index is -2.74. The van der Waals surface area contributed by atoms with Crippen LogP contribution in [0.2, 0.25) is 0 Å². The number of phenols is 1. The average Bonchev–Trinajstić information content (AvgIpc) is 2.72. The molecule has 0 radical (unpaired) electrons. The van der Waals surface area contributed by atoms with Gasteiger partial charge in [-0.1, -0.05) is 0 Å². The van der Waals surface area contributed by atoms with Gasteiger partial charge in [-0.15, -0.1) is 0 Å². The number of ketones is 4. The molecule has 4 rings (SSSR count). The minimum absolute atomic E-state index is 0.00189. The van der Waals surface area contributed by atoms with Crippen LogP contribution in [-0.4, -0.2) is 84.0 Å². The van der Waals surface area contributed by atoms with Gasteiger partial charge in [0.25, 0.3) is 0 Å². The van der Waals surface area contributed by atoms with E-state index in [2.05, 4.69) is 0 Å². The fourth-order valence-electron chi connectivity index (χ4n) is 6.07. The van der Waals surface area contributed by atoms with Crippen LogP contribution in [0.4, 0.5) is 11.4 Å². The topological polar surface area (TPSA) is 184 Å². The van der Waals surface area contributed by atoms with Crippen molar-refractivity contribution in [1.29, 1.82) is 0 Å². The molecule has 6 atom stereocenters. The Morgan fingerprint density at radius 1 is 1.12 bits per heavy atom. The predicted molar refractivity (Wildman–Crippen MR) is 120 cm³/mol. The highest BCUT2D eigenvalue weighted by atomic mass is 16.3. The molecule has 34 heavy (non-hydrogen) atoms. The smallest absolute Gasteiger partial charge is 0.235 e. The first kappa shape index (κ1) is 23.8. The summed E-state index contributed by atoms with van der Waals surface area (Å²) in [6, 6.07) is 0.408. The van der Waals surface area contributed by atoms with E-state index in [1.165, 1.54) is 11.0 Å². The van der Waals surface area contributed by atoms with Crippen LogP contribution in [0.15, 0.2) is 6.07 Å². The summed E-state index contributed by atoms with van der Waals surface area (Å²) in [5.74, 6) is -10.8. The second kappa shape index (κ2) is 7.60. The summed E-state index contributed by atoms with van der Waals surface area (Å²) >= 11 is 0. The number of primary amides is 1. The van der Waals surface area contributed by atoms with E-state index in [1.54, 1.807) is 33.1 Å². The number of rotatable bonds is 3. The molecule has 0 aromatic heterocycles. The van der Waals surface area contributed by atoms with Crippen molar-refractivity contribution in [2.24, 2.45) is 29.4 Å². The first-order valence-electron chi connectivity index (χ1n) is 10.9. The molecule has 0 aliphatic heterocycles. The highest BCUT2D eigenvalue weighted by molar-refractivity contribution is 6.32. The third-order valence-electron chi connectivity index (χ3n) is 7.55. The summed E-state index contributed by atoms with van der Waals surface area (Å²) in [5, 5.41) is 22.1. The van der Waals surface area contributed by atoms with Crippen molar-refractivity contribution in [2.75, 3.05) is 38.8 Å². The standard InChI is InChI=1S/C23H28N4O7/c1-26(2)12-7-11(24)17(28)14-9(12)5-8-6-10-16(27(3)4)19(30)15(22(25)33)21(32)23(10,34)20(31)13(8)18(14)29/h7-8,10,13,15-16,28,34H,5-6,24H2,1-4H3,(H2,25,33)/t8-,10-,13?,15?,16-,23-/m0/s1. The number of hydrogen-bond donors (Lipinski definition) is 4. The van der Waals surface area contributed by atoms with Crippen LogP contribution in [0.25, 0.3) is 0 Å². The summed E-state index contributed by atoms with van der Waals surface area (Å²) in [5.41, 5.74) is 9.41. The molecule has 0 spiro atoms. The SMILES string of the molecule is CN(C)c1cc(N)c(O)c2c1C[C@H]1C[C@H]3[C@H](N(C)C)C(=O)C(C(N)=O)C(=O)[C@@]3(O)C(=O)C1C2=O. The summed E-state index contributed by atoms with van der Waals surface area (Å²) in [6.45, 7) is 0. The summed E-state index contributed by atoms with van der Waals surface area (Å²) in [6.07, 6.45) is 0.190. The Labute approximate surface area is 195 Å². The minimum Gasteiger partial charge on any atom is -0.505 e. The van der Waals surface area contributed by atoms with Crippen molar-refractivity contribution < 1.29 is 34.2 Å². The number of aromatic hydroxyl groups is 1. The van der Waals surface area contributed by atoms with Gasteiger partial charge in [0, 0.05) is 25.7 Å². The molecule has 6 N–H and O–H groups in total. The lowest BCUT2D eigenvalue weighted by Crippen LogP contribution is -2.74. The lowest BCUT2D eigenvalue weighted by atomic mass is 9.52. The van der Waals surface area contributed by atoms with Crippen LogP contribution in [0, 0.1) is 23.7 Å². The maximum Gasteiger partial charge on any atom is 0.235 e. The fourth-order valence-corrected chi connectivity index (χ4v) is 6.07. The summed E-state index contributed by atoms with van der Waals surface area (Å²) < 4.78 is 0. The molecule has 1 aromatic carbocycles. The normalized spacial score (nSPS) is 32.8. The van der Waals surface area contributed by atoms with Crippen molar-refractivity contribution in [2.45, 2.75) is 24.5 Å². The van der Waals surface area contributed by atoms with Gasteiger partial charge in [-0.25, -0.2) is 0 Å². The molecule has 0 saturated heterocycles. The molecule has 11 nitrogen and oxygen atoms in total. The molecule has 3 aliphatic rings. The van der Waals surface area contributed by atoms with E-state index in [0.29, 0.717) is 11.3 Å². The monoisotopic (exact) mass is 472 g/mol. The second-order valence-electron chi connectivity index (χ2n) is 9.87. The van der Waals surface area contributed by atoms with Gasteiger partial charge in [-0.05, 0) is 44.5 Å². The number of amides is 1. The molecule has 11 heteroatoms. The Morgan fingerprint density at radius 2 is 1.74 bits per heavy atom. The zero-order chi connectivity index (χ0) is 25.4. The highest BCUT2D eigenvalue weighted by Crippen LogP contribution is 2.52. The van der Waals surface area contributed by atoms with Gasteiger partial charge >= 0.3 is 0 Å². The molecular formula is C23H28N4O7. The number of anilines is 2. The number of carbonyl (C=O) groups is 5. The van der Waals surface area contributed by atoms with Gasteiger partial charge in [-0.2, -0.15) is 0 Å². The number of nitrogens with two attached hydrogens (primary N) is 2. The van der Waals surface area contributed by atoms with Crippen LogP contribution in [-0.2, 0) is 25.6 Å². The fraction of sp³-hybridized carbons (Fsp3) is 0.522. The maximum absolute atomic E-state index is 13.7. The summed E-state index contributed by atoms with van der Waals surface area (Å²) in [7, 11) is 6.58. The van der Waals surface area contributed by atoms with Gasteiger partial charge in [0.05, 0.1) is 23.2 Å². The van der Waals surface area contributed by atoms with Crippen LogP contribution < -0.4 is 16.4 Å². The lowest BCUT2D eigenvalue weighted by Gasteiger charge is -2.52. The third kappa shape index (κ3) is 2.93. The van der Waals surface area contributed by atoms with Crippen LogP contribution in [0.1, 0.15) is 22.3 Å². The van der Waals surface area contributed by atoms with E-state index in [1.807, 2.05) is 0 Å². The van der Waals surface area contributed by atoms with Crippen LogP contribution in [0.3, 0.4) is 0 Å². The molecule has 2 unspecified atom stereocenters. The maximum atomic E-state index is 13.7. The van der Waals surface area contributed by atoms with E-state index in [-0.39, 0.29) is 24.1 Å². The van der Waals surface area contributed by atoms with E-state index >= 15 is 0 Å². The van der Waals surface area contributed by atoms with Crippen molar-refractivity contribution in [3.8, 4) is 5.75 Å². The van der Waals surface area contributed by atoms with Crippen molar-refractivity contribution in [3.05, 3.63) is 17.2 Å². The van der Waals surface area contributed by atoms with Gasteiger partial charge in [0.15, 0.2) is 34.7 Å². The molecular weight excluding hydrogens is 444 g/mol. The number of carbonyl (C=O) groups excluding carboxylic acids is 5. The highest BCUT2D eigenvalue weighted by Gasteiger charge is 2.69. The number of hydrogen-bond acceptors (Lipinski definition) is 10. The Hall–Kier alpha value is -3.31. The number of fused-ring (bicyclic) bond motifs is 3.